The second-order valence-electron chi connectivity index (χ2n) is 8.04. The summed E-state index contributed by atoms with van der Waals surface area (Å²) in [6, 6.07) is 0.760. The predicted octanol–water partition coefficient (Wildman–Crippen LogP) is 4.62. The van der Waals surface area contributed by atoms with Gasteiger partial charge in [-0.2, -0.15) is 0 Å². The molecule has 0 saturated heterocycles. The third kappa shape index (κ3) is 2.48. The van der Waals surface area contributed by atoms with E-state index in [-0.39, 0.29) is 0 Å². The van der Waals surface area contributed by atoms with Gasteiger partial charge in [-0.3, -0.25) is 0 Å². The summed E-state index contributed by atoms with van der Waals surface area (Å²) in [7, 11) is 0. The van der Waals surface area contributed by atoms with Crippen LogP contribution in [-0.2, 0) is 0 Å². The van der Waals surface area contributed by atoms with E-state index in [1.165, 1.54) is 19.4 Å². The monoisotopic (exact) mass is 263 g/mol. The maximum Gasteiger partial charge on any atom is 0.00953 e. The summed E-state index contributed by atoms with van der Waals surface area (Å²) >= 11 is 0. The van der Waals surface area contributed by atoms with Crippen molar-refractivity contribution in [2.24, 2.45) is 29.1 Å². The van der Waals surface area contributed by atoms with Gasteiger partial charge >= 0.3 is 0 Å². The Morgan fingerprint density at radius 2 is 1.53 bits per heavy atom. The summed E-state index contributed by atoms with van der Waals surface area (Å²) in [5, 5.41) is 3.84. The Hall–Kier alpha value is -0.0400. The third-order valence-electron chi connectivity index (χ3n) is 6.75. The molecule has 0 amide bonds. The molecule has 0 aromatic rings. The van der Waals surface area contributed by atoms with Crippen LogP contribution in [-0.4, -0.2) is 12.6 Å². The highest BCUT2D eigenvalue weighted by atomic mass is 14.9. The van der Waals surface area contributed by atoms with E-state index in [1.54, 1.807) is 38.5 Å². The lowest BCUT2D eigenvalue weighted by Gasteiger charge is -2.60. The van der Waals surface area contributed by atoms with Gasteiger partial charge in [-0.15, -0.1) is 0 Å². The summed E-state index contributed by atoms with van der Waals surface area (Å²) < 4.78 is 0. The van der Waals surface area contributed by atoms with Crippen molar-refractivity contribution in [2.75, 3.05) is 6.54 Å². The lowest BCUT2D eigenvalue weighted by Crippen LogP contribution is -2.53. The highest BCUT2D eigenvalue weighted by Crippen LogP contribution is 2.63. The highest BCUT2D eigenvalue weighted by Gasteiger charge is 2.53. The SMILES string of the molecule is CCCNC(CC)C(C)C12CC3CC(CC(C3)C1)C2. The summed E-state index contributed by atoms with van der Waals surface area (Å²) in [4.78, 5) is 0. The summed E-state index contributed by atoms with van der Waals surface area (Å²) in [5.41, 5.74) is 0.718. The average Bonchev–Trinajstić information content (AvgIpc) is 2.37. The van der Waals surface area contributed by atoms with Crippen LogP contribution in [0.25, 0.3) is 0 Å². The normalized spacial score (nSPS) is 43.4. The van der Waals surface area contributed by atoms with Gasteiger partial charge in [0.15, 0.2) is 0 Å². The second kappa shape index (κ2) is 5.39. The van der Waals surface area contributed by atoms with Crippen LogP contribution in [0.4, 0.5) is 0 Å². The van der Waals surface area contributed by atoms with E-state index in [9.17, 15) is 0 Å². The zero-order valence-corrected chi connectivity index (χ0v) is 13.3. The maximum absolute atomic E-state index is 3.84. The number of nitrogens with one attached hydrogen (secondary N) is 1. The fourth-order valence-corrected chi connectivity index (χ4v) is 6.17. The number of hydrogen-bond acceptors (Lipinski definition) is 1. The molecule has 0 spiro atoms. The summed E-state index contributed by atoms with van der Waals surface area (Å²) in [5.74, 6) is 4.17. The molecule has 0 aliphatic heterocycles. The molecule has 0 heterocycles. The summed E-state index contributed by atoms with van der Waals surface area (Å²) in [6.07, 6.45) is 12.0. The van der Waals surface area contributed by atoms with Crippen molar-refractivity contribution in [3.05, 3.63) is 0 Å². The molecule has 4 aliphatic rings. The Bertz CT molecular complexity index is 274. The zero-order valence-electron chi connectivity index (χ0n) is 13.3. The van der Waals surface area contributed by atoms with Gasteiger partial charge in [0.25, 0.3) is 0 Å². The molecule has 19 heavy (non-hydrogen) atoms. The molecule has 2 atom stereocenters. The van der Waals surface area contributed by atoms with Gasteiger partial charge in [-0.25, -0.2) is 0 Å². The topological polar surface area (TPSA) is 12.0 Å². The molecule has 4 aliphatic carbocycles. The Morgan fingerprint density at radius 3 is 1.95 bits per heavy atom. The van der Waals surface area contributed by atoms with E-state index in [0.717, 1.165) is 35.1 Å². The van der Waals surface area contributed by atoms with E-state index in [1.807, 2.05) is 0 Å². The van der Waals surface area contributed by atoms with Gasteiger partial charge in [0, 0.05) is 6.04 Å². The Balaban J connectivity index is 1.72. The molecule has 0 aromatic heterocycles. The van der Waals surface area contributed by atoms with Crippen molar-refractivity contribution < 1.29 is 0 Å². The molecule has 2 unspecified atom stereocenters. The van der Waals surface area contributed by atoms with Crippen LogP contribution in [0.3, 0.4) is 0 Å². The van der Waals surface area contributed by atoms with Crippen molar-refractivity contribution in [1.29, 1.82) is 0 Å². The molecule has 1 N–H and O–H groups in total. The third-order valence-corrected chi connectivity index (χ3v) is 6.75. The smallest absolute Gasteiger partial charge is 0.00953 e. The molecule has 4 fully saturated rings. The molecule has 1 nitrogen and oxygen atoms in total. The van der Waals surface area contributed by atoms with Crippen LogP contribution >= 0.6 is 0 Å². The first-order chi connectivity index (χ1) is 9.16. The van der Waals surface area contributed by atoms with E-state index >= 15 is 0 Å². The van der Waals surface area contributed by atoms with Crippen LogP contribution in [0.5, 0.6) is 0 Å². The number of hydrogen-bond donors (Lipinski definition) is 1. The van der Waals surface area contributed by atoms with Gasteiger partial charge in [-0.05, 0) is 87.0 Å². The second-order valence-corrected chi connectivity index (χ2v) is 8.04. The quantitative estimate of drug-likeness (QED) is 0.737. The molecule has 1 heteroatoms. The minimum atomic E-state index is 0.718. The van der Waals surface area contributed by atoms with E-state index < -0.39 is 0 Å². The zero-order chi connectivity index (χ0) is 13.5. The van der Waals surface area contributed by atoms with Crippen LogP contribution in [0.1, 0.15) is 72.1 Å². The maximum atomic E-state index is 3.84. The Labute approximate surface area is 119 Å². The molecule has 4 saturated carbocycles. The van der Waals surface area contributed by atoms with E-state index in [4.69, 9.17) is 0 Å². The molecular formula is C18H33N. The Morgan fingerprint density at radius 1 is 1.00 bits per heavy atom. The molecule has 0 aromatic carbocycles. The first kappa shape index (κ1) is 13.9. The van der Waals surface area contributed by atoms with Crippen molar-refractivity contribution >= 4 is 0 Å². The first-order valence-corrected chi connectivity index (χ1v) is 8.90. The molecule has 110 valence electrons. The highest BCUT2D eigenvalue weighted by molar-refractivity contribution is 5.05. The van der Waals surface area contributed by atoms with E-state index in [0.29, 0.717) is 0 Å². The predicted molar refractivity (Wildman–Crippen MR) is 82.1 cm³/mol. The fourth-order valence-electron chi connectivity index (χ4n) is 6.17. The minimum Gasteiger partial charge on any atom is -0.314 e. The van der Waals surface area contributed by atoms with Gasteiger partial charge in [-0.1, -0.05) is 20.8 Å². The van der Waals surface area contributed by atoms with Crippen molar-refractivity contribution in [1.82, 2.24) is 5.32 Å². The molecule has 4 bridgehead atoms. The lowest BCUT2D eigenvalue weighted by atomic mass is 9.46. The molecule has 4 rings (SSSR count). The van der Waals surface area contributed by atoms with Crippen molar-refractivity contribution in [3.8, 4) is 0 Å². The van der Waals surface area contributed by atoms with Crippen LogP contribution in [0, 0.1) is 29.1 Å². The number of rotatable bonds is 6. The van der Waals surface area contributed by atoms with E-state index in [2.05, 4.69) is 26.1 Å². The van der Waals surface area contributed by atoms with Gasteiger partial charge < -0.3 is 5.32 Å². The molecule has 0 radical (unpaired) electrons. The van der Waals surface area contributed by atoms with Crippen LogP contribution < -0.4 is 5.32 Å². The average molecular weight is 263 g/mol. The first-order valence-electron chi connectivity index (χ1n) is 8.90. The van der Waals surface area contributed by atoms with Gasteiger partial charge in [0.1, 0.15) is 0 Å². The fraction of sp³-hybridized carbons (Fsp3) is 1.00. The molecular weight excluding hydrogens is 230 g/mol. The van der Waals surface area contributed by atoms with Gasteiger partial charge in [0.05, 0.1) is 0 Å². The standard InChI is InChI=1S/C18H33N/c1-4-6-19-17(5-2)13(3)18-10-14-7-15(11-18)9-16(8-14)12-18/h13-17,19H,4-12H2,1-3H3. The lowest BCUT2D eigenvalue weighted by molar-refractivity contribution is -0.0911. The minimum absolute atomic E-state index is 0.718. The van der Waals surface area contributed by atoms with Crippen LogP contribution in [0.2, 0.25) is 0 Å². The van der Waals surface area contributed by atoms with Crippen molar-refractivity contribution in [3.63, 3.8) is 0 Å². The van der Waals surface area contributed by atoms with Crippen LogP contribution in [0.15, 0.2) is 0 Å². The van der Waals surface area contributed by atoms with Gasteiger partial charge in [0.2, 0.25) is 0 Å². The van der Waals surface area contributed by atoms with Crippen molar-refractivity contribution in [2.45, 2.75) is 78.2 Å². The Kier molecular flexibility index (Phi) is 3.95. The largest absolute Gasteiger partial charge is 0.314 e. The summed E-state index contributed by atoms with van der Waals surface area (Å²) in [6.45, 7) is 8.44.